The van der Waals surface area contributed by atoms with Gasteiger partial charge in [0, 0.05) is 5.41 Å². The molecule has 0 spiro atoms. The molecular formula is C28H44O6S. The molecule has 4 aliphatic carbocycles. The van der Waals surface area contributed by atoms with E-state index in [0.717, 1.165) is 37.2 Å². The lowest BCUT2D eigenvalue weighted by Gasteiger charge is -2.59. The summed E-state index contributed by atoms with van der Waals surface area (Å²) in [6.07, 6.45) is 13.5. The minimum atomic E-state index is -4.52. The summed E-state index contributed by atoms with van der Waals surface area (Å²) in [5.74, 6) is 2.06. The summed E-state index contributed by atoms with van der Waals surface area (Å²) in [5, 5.41) is 9.92. The summed E-state index contributed by atoms with van der Waals surface area (Å²) < 4.78 is 36.7. The Kier molecular flexibility index (Phi) is 7.63. The predicted molar refractivity (Wildman–Crippen MR) is 136 cm³/mol. The molecule has 4 unspecified atom stereocenters. The van der Waals surface area contributed by atoms with Gasteiger partial charge in [0.25, 0.3) is 0 Å². The van der Waals surface area contributed by atoms with E-state index in [1.165, 1.54) is 24.8 Å². The predicted octanol–water partition coefficient (Wildman–Crippen LogP) is 6.59. The SMILES string of the molecule is CC(C)=CCC[C@@H](C)C1CCC2C3CC=C4C[C@@H](OS(=O)(=O)O)CC[C@]4(CC(=O)O)C3CC[C@@]21C. The lowest BCUT2D eigenvalue weighted by atomic mass is 9.45. The van der Waals surface area contributed by atoms with E-state index in [9.17, 15) is 22.9 Å². The number of aliphatic carboxylic acids is 1. The Morgan fingerprint density at radius 2 is 1.94 bits per heavy atom. The third-order valence-corrected chi connectivity index (χ3v) is 11.0. The van der Waals surface area contributed by atoms with Gasteiger partial charge in [-0.2, -0.15) is 8.42 Å². The molecule has 4 aliphatic rings. The highest BCUT2D eigenvalue weighted by Crippen LogP contribution is 2.68. The summed E-state index contributed by atoms with van der Waals surface area (Å²) in [5.41, 5.74) is 2.34. The number of hydrogen-bond donors (Lipinski definition) is 2. The standard InChI is InChI=1S/C28H44O6S/c1-18(2)6-5-7-19(3)23-10-11-24-22-9-8-20-16-21(34-35(31,32)33)12-15-28(20,17-26(29)30)25(22)13-14-27(23,24)4/h6,8,19,21-25H,5,7,9-17H2,1-4H3,(H,29,30)(H,31,32,33)/t19-,21+,22?,23?,24?,25?,27-,28-/m1/s1. The fraction of sp³-hybridized carbons (Fsp3) is 0.821. The summed E-state index contributed by atoms with van der Waals surface area (Å²) in [6.45, 7) is 9.28. The van der Waals surface area contributed by atoms with E-state index in [-0.39, 0.29) is 6.42 Å². The second-order valence-electron chi connectivity index (χ2n) is 12.5. The molecule has 0 aliphatic heterocycles. The first kappa shape index (κ1) is 26.9. The molecule has 0 saturated heterocycles. The Balaban J connectivity index is 1.57. The van der Waals surface area contributed by atoms with Crippen molar-refractivity contribution in [2.24, 2.45) is 40.4 Å². The largest absolute Gasteiger partial charge is 0.481 e. The van der Waals surface area contributed by atoms with Crippen molar-refractivity contribution in [2.75, 3.05) is 0 Å². The van der Waals surface area contributed by atoms with Crippen LogP contribution in [-0.2, 0) is 19.4 Å². The quantitative estimate of drug-likeness (QED) is 0.283. The molecule has 6 nitrogen and oxygen atoms in total. The fourth-order valence-electron chi connectivity index (χ4n) is 9.09. The van der Waals surface area contributed by atoms with Gasteiger partial charge >= 0.3 is 16.4 Å². The molecule has 0 aromatic heterocycles. The molecule has 2 N–H and O–H groups in total. The molecule has 198 valence electrons. The van der Waals surface area contributed by atoms with Gasteiger partial charge in [-0.15, -0.1) is 0 Å². The molecule has 3 fully saturated rings. The molecule has 0 heterocycles. The van der Waals surface area contributed by atoms with Gasteiger partial charge in [-0.3, -0.25) is 9.35 Å². The van der Waals surface area contributed by atoms with Gasteiger partial charge in [-0.1, -0.05) is 37.1 Å². The highest BCUT2D eigenvalue weighted by atomic mass is 32.3. The van der Waals surface area contributed by atoms with Crippen LogP contribution >= 0.6 is 0 Å². The average Bonchev–Trinajstić information content (AvgIpc) is 3.09. The zero-order valence-corrected chi connectivity index (χ0v) is 22.6. The zero-order chi connectivity index (χ0) is 25.6. The molecule has 0 radical (unpaired) electrons. The average molecular weight is 509 g/mol. The van der Waals surface area contributed by atoms with Crippen LogP contribution in [0.2, 0.25) is 0 Å². The van der Waals surface area contributed by atoms with Crippen molar-refractivity contribution in [1.29, 1.82) is 0 Å². The van der Waals surface area contributed by atoms with E-state index in [0.29, 0.717) is 48.3 Å². The minimum absolute atomic E-state index is 0.102. The molecule has 4 rings (SSSR count). The van der Waals surface area contributed by atoms with E-state index in [4.69, 9.17) is 4.18 Å². The van der Waals surface area contributed by atoms with Crippen molar-refractivity contribution in [3.05, 3.63) is 23.3 Å². The Hall–Kier alpha value is -1.18. The number of carbonyl (C=O) groups is 1. The number of allylic oxidation sites excluding steroid dienone is 3. The monoisotopic (exact) mass is 508 g/mol. The van der Waals surface area contributed by atoms with Crippen molar-refractivity contribution < 1.29 is 27.1 Å². The van der Waals surface area contributed by atoms with E-state index in [1.807, 2.05) is 0 Å². The minimum Gasteiger partial charge on any atom is -0.481 e. The van der Waals surface area contributed by atoms with Gasteiger partial charge in [0.15, 0.2) is 0 Å². The molecule has 3 saturated carbocycles. The zero-order valence-electron chi connectivity index (χ0n) is 21.8. The maximum absolute atomic E-state index is 12.1. The maximum atomic E-state index is 12.1. The van der Waals surface area contributed by atoms with Gasteiger partial charge in [0.1, 0.15) is 0 Å². The van der Waals surface area contributed by atoms with E-state index >= 15 is 0 Å². The molecule has 0 aromatic carbocycles. The highest BCUT2D eigenvalue weighted by Gasteiger charge is 2.60. The first-order chi connectivity index (χ1) is 16.4. The molecule has 0 bridgehead atoms. The normalized spacial score (nSPS) is 39.6. The summed E-state index contributed by atoms with van der Waals surface area (Å²) in [7, 11) is -4.52. The smallest absolute Gasteiger partial charge is 0.397 e. The van der Waals surface area contributed by atoms with Crippen LogP contribution in [0.1, 0.15) is 98.3 Å². The van der Waals surface area contributed by atoms with E-state index in [2.05, 4.69) is 39.8 Å². The van der Waals surface area contributed by atoms with Crippen molar-refractivity contribution in [3.8, 4) is 0 Å². The molecule has 7 heteroatoms. The first-order valence-electron chi connectivity index (χ1n) is 13.6. The summed E-state index contributed by atoms with van der Waals surface area (Å²) in [6, 6.07) is 0. The van der Waals surface area contributed by atoms with E-state index < -0.39 is 27.9 Å². The van der Waals surface area contributed by atoms with Crippen LogP contribution in [0.3, 0.4) is 0 Å². The van der Waals surface area contributed by atoms with Crippen molar-refractivity contribution >= 4 is 16.4 Å². The number of fused-ring (bicyclic) bond motifs is 5. The summed E-state index contributed by atoms with van der Waals surface area (Å²) >= 11 is 0. The lowest BCUT2D eigenvalue weighted by Crippen LogP contribution is -2.52. The van der Waals surface area contributed by atoms with Crippen molar-refractivity contribution in [3.63, 3.8) is 0 Å². The Labute approximate surface area is 211 Å². The van der Waals surface area contributed by atoms with Crippen LogP contribution in [0.5, 0.6) is 0 Å². The number of carboxylic acids is 1. The second-order valence-corrected chi connectivity index (χ2v) is 13.6. The molecule has 0 amide bonds. The van der Waals surface area contributed by atoms with Gasteiger partial charge in [-0.25, -0.2) is 4.18 Å². The molecule has 35 heavy (non-hydrogen) atoms. The van der Waals surface area contributed by atoms with Crippen LogP contribution in [0.15, 0.2) is 23.3 Å². The van der Waals surface area contributed by atoms with Gasteiger partial charge in [-0.05, 0) is 113 Å². The van der Waals surface area contributed by atoms with Gasteiger partial charge in [0.05, 0.1) is 12.5 Å². The van der Waals surface area contributed by atoms with Crippen molar-refractivity contribution in [2.45, 2.75) is 104 Å². The van der Waals surface area contributed by atoms with Crippen LogP contribution in [0.25, 0.3) is 0 Å². The third kappa shape index (κ3) is 5.28. The van der Waals surface area contributed by atoms with Gasteiger partial charge in [0.2, 0.25) is 0 Å². The molecular weight excluding hydrogens is 464 g/mol. The van der Waals surface area contributed by atoms with Crippen LogP contribution in [0.4, 0.5) is 0 Å². The lowest BCUT2D eigenvalue weighted by molar-refractivity contribution is -0.143. The van der Waals surface area contributed by atoms with Gasteiger partial charge < -0.3 is 5.11 Å². The fourth-order valence-corrected chi connectivity index (χ4v) is 9.60. The Morgan fingerprint density at radius 1 is 1.20 bits per heavy atom. The molecule has 8 atom stereocenters. The Morgan fingerprint density at radius 3 is 2.60 bits per heavy atom. The maximum Gasteiger partial charge on any atom is 0.397 e. The topological polar surface area (TPSA) is 101 Å². The molecule has 0 aromatic rings. The first-order valence-corrected chi connectivity index (χ1v) is 14.9. The van der Waals surface area contributed by atoms with E-state index in [1.54, 1.807) is 0 Å². The third-order valence-electron chi connectivity index (χ3n) is 10.4. The highest BCUT2D eigenvalue weighted by molar-refractivity contribution is 7.80. The number of rotatable bonds is 8. The second kappa shape index (κ2) is 9.94. The van der Waals surface area contributed by atoms with Crippen LogP contribution < -0.4 is 0 Å². The van der Waals surface area contributed by atoms with Crippen LogP contribution in [-0.4, -0.2) is 30.2 Å². The number of hydrogen-bond acceptors (Lipinski definition) is 4. The van der Waals surface area contributed by atoms with Crippen molar-refractivity contribution in [1.82, 2.24) is 0 Å². The number of carboxylic acid groups (broad SMARTS) is 1. The van der Waals surface area contributed by atoms with Crippen LogP contribution in [0, 0.1) is 40.4 Å². The summed E-state index contributed by atoms with van der Waals surface area (Å²) in [4.78, 5) is 12.1. The Bertz CT molecular complexity index is 979.